The molecule has 0 aromatic heterocycles. The molecule has 2 rings (SSSR count). The van der Waals surface area contributed by atoms with E-state index in [-0.39, 0.29) is 5.82 Å². The van der Waals surface area contributed by atoms with Gasteiger partial charge in [0.2, 0.25) is 0 Å². The largest absolute Gasteiger partial charge is 0.399 e. The second kappa shape index (κ2) is 5.40. The fraction of sp³-hybridized carbons (Fsp3) is 0.143. The van der Waals surface area contributed by atoms with Crippen molar-refractivity contribution < 1.29 is 8.78 Å². The summed E-state index contributed by atoms with van der Waals surface area (Å²) in [7, 11) is 0. The van der Waals surface area contributed by atoms with Gasteiger partial charge in [-0.15, -0.1) is 11.8 Å². The maximum atomic E-state index is 13.4. The van der Waals surface area contributed by atoms with Crippen LogP contribution in [0.4, 0.5) is 14.5 Å². The Balaban J connectivity index is 2.16. The van der Waals surface area contributed by atoms with Crippen molar-refractivity contribution in [2.24, 2.45) is 0 Å². The number of thioether (sulfide) groups is 1. The average molecular weight is 265 g/mol. The van der Waals surface area contributed by atoms with E-state index in [9.17, 15) is 8.78 Å². The number of benzene rings is 2. The summed E-state index contributed by atoms with van der Waals surface area (Å²) in [5.41, 5.74) is 7.81. The number of nitrogens with two attached hydrogens (primary N) is 1. The Morgan fingerprint density at radius 2 is 1.89 bits per heavy atom. The van der Waals surface area contributed by atoms with Crippen LogP contribution in [0.2, 0.25) is 0 Å². The van der Waals surface area contributed by atoms with Crippen molar-refractivity contribution in [1.29, 1.82) is 0 Å². The van der Waals surface area contributed by atoms with Crippen molar-refractivity contribution in [3.8, 4) is 0 Å². The Morgan fingerprint density at radius 1 is 1.11 bits per heavy atom. The van der Waals surface area contributed by atoms with E-state index >= 15 is 0 Å². The molecule has 0 radical (unpaired) electrons. The van der Waals surface area contributed by atoms with E-state index in [0.717, 1.165) is 22.6 Å². The summed E-state index contributed by atoms with van der Waals surface area (Å²) in [6.45, 7) is 1.96. The molecular weight excluding hydrogens is 252 g/mol. The topological polar surface area (TPSA) is 26.0 Å². The molecule has 0 aliphatic carbocycles. The Morgan fingerprint density at radius 3 is 2.67 bits per heavy atom. The minimum atomic E-state index is -0.420. The van der Waals surface area contributed by atoms with E-state index in [1.165, 1.54) is 17.8 Å². The average Bonchev–Trinajstić information content (AvgIpc) is 2.34. The summed E-state index contributed by atoms with van der Waals surface area (Å²) in [4.78, 5) is 0.985. The first-order valence-electron chi connectivity index (χ1n) is 5.49. The first-order valence-corrected chi connectivity index (χ1v) is 6.47. The van der Waals surface area contributed by atoms with Gasteiger partial charge in [0.1, 0.15) is 11.6 Å². The molecule has 0 unspecified atom stereocenters. The van der Waals surface area contributed by atoms with Gasteiger partial charge < -0.3 is 5.73 Å². The fourth-order valence-electron chi connectivity index (χ4n) is 1.58. The van der Waals surface area contributed by atoms with E-state index in [0.29, 0.717) is 17.0 Å². The molecule has 0 fully saturated rings. The van der Waals surface area contributed by atoms with Crippen LogP contribution >= 0.6 is 11.8 Å². The third kappa shape index (κ3) is 3.01. The summed E-state index contributed by atoms with van der Waals surface area (Å²) >= 11 is 1.45. The van der Waals surface area contributed by atoms with Gasteiger partial charge in [0, 0.05) is 21.9 Å². The Hall–Kier alpha value is -1.55. The molecule has 2 aromatic carbocycles. The fourth-order valence-corrected chi connectivity index (χ4v) is 2.63. The van der Waals surface area contributed by atoms with Crippen molar-refractivity contribution in [3.05, 3.63) is 59.2 Å². The van der Waals surface area contributed by atoms with Gasteiger partial charge >= 0.3 is 0 Å². The van der Waals surface area contributed by atoms with E-state index in [1.54, 1.807) is 0 Å². The molecule has 2 N–H and O–H groups in total. The van der Waals surface area contributed by atoms with Crippen molar-refractivity contribution in [2.75, 3.05) is 5.73 Å². The van der Waals surface area contributed by atoms with Gasteiger partial charge in [-0.3, -0.25) is 0 Å². The van der Waals surface area contributed by atoms with E-state index in [2.05, 4.69) is 0 Å². The molecule has 0 saturated heterocycles. The molecule has 0 atom stereocenters. The minimum Gasteiger partial charge on any atom is -0.399 e. The van der Waals surface area contributed by atoms with Crippen molar-refractivity contribution in [3.63, 3.8) is 0 Å². The third-order valence-electron chi connectivity index (χ3n) is 2.60. The molecule has 4 heteroatoms. The molecule has 0 heterocycles. The number of hydrogen-bond acceptors (Lipinski definition) is 2. The van der Waals surface area contributed by atoms with Crippen LogP contribution in [0, 0.1) is 18.6 Å². The maximum absolute atomic E-state index is 13.4. The van der Waals surface area contributed by atoms with E-state index in [4.69, 9.17) is 5.73 Å². The molecule has 0 amide bonds. The zero-order valence-corrected chi connectivity index (χ0v) is 10.7. The number of aryl methyl sites for hydroxylation is 1. The standard InChI is InChI=1S/C14H13F2NS/c1-9-2-4-12(17)7-14(9)18-8-10-6-11(15)3-5-13(10)16/h2-7H,8,17H2,1H3. The molecule has 0 aliphatic heterocycles. The van der Waals surface area contributed by atoms with Gasteiger partial charge in [-0.05, 0) is 42.8 Å². The SMILES string of the molecule is Cc1ccc(N)cc1SCc1cc(F)ccc1F. The number of rotatable bonds is 3. The smallest absolute Gasteiger partial charge is 0.127 e. The van der Waals surface area contributed by atoms with Crippen LogP contribution in [0.3, 0.4) is 0 Å². The van der Waals surface area contributed by atoms with E-state index < -0.39 is 5.82 Å². The van der Waals surface area contributed by atoms with Crippen molar-refractivity contribution in [2.45, 2.75) is 17.6 Å². The Kier molecular flexibility index (Phi) is 3.87. The van der Waals surface area contributed by atoms with Crippen LogP contribution < -0.4 is 5.73 Å². The lowest BCUT2D eigenvalue weighted by Gasteiger charge is -2.07. The molecule has 0 bridgehead atoms. The molecule has 0 aliphatic rings. The molecular formula is C14H13F2NS. The lowest BCUT2D eigenvalue weighted by molar-refractivity contribution is 0.591. The van der Waals surface area contributed by atoms with Crippen molar-refractivity contribution in [1.82, 2.24) is 0 Å². The third-order valence-corrected chi connectivity index (χ3v) is 3.81. The van der Waals surface area contributed by atoms with Crippen LogP contribution in [0.15, 0.2) is 41.3 Å². The maximum Gasteiger partial charge on any atom is 0.127 e. The predicted molar refractivity (Wildman–Crippen MR) is 71.5 cm³/mol. The number of halogens is 2. The van der Waals surface area contributed by atoms with Gasteiger partial charge in [0.05, 0.1) is 0 Å². The van der Waals surface area contributed by atoms with Gasteiger partial charge in [0.15, 0.2) is 0 Å². The van der Waals surface area contributed by atoms with Crippen LogP contribution in [0.1, 0.15) is 11.1 Å². The predicted octanol–water partition coefficient (Wildman–Crippen LogP) is 4.15. The number of hydrogen-bond donors (Lipinski definition) is 1. The highest BCUT2D eigenvalue weighted by Crippen LogP contribution is 2.28. The summed E-state index contributed by atoms with van der Waals surface area (Å²) in [5.74, 6) is -0.421. The molecule has 94 valence electrons. The van der Waals surface area contributed by atoms with Crippen LogP contribution in [-0.4, -0.2) is 0 Å². The molecule has 0 saturated carbocycles. The number of nitrogen functional groups attached to an aromatic ring is 1. The second-order valence-corrected chi connectivity index (χ2v) is 5.07. The summed E-state index contributed by atoms with van der Waals surface area (Å²) in [6.07, 6.45) is 0. The first-order chi connectivity index (χ1) is 8.56. The quantitative estimate of drug-likeness (QED) is 0.666. The molecule has 2 aromatic rings. The number of anilines is 1. The zero-order chi connectivity index (χ0) is 13.1. The van der Waals surface area contributed by atoms with Crippen LogP contribution in [-0.2, 0) is 5.75 Å². The molecule has 18 heavy (non-hydrogen) atoms. The highest BCUT2D eigenvalue weighted by Gasteiger charge is 2.06. The summed E-state index contributed by atoms with van der Waals surface area (Å²) in [6, 6.07) is 9.08. The Labute approximate surface area is 109 Å². The monoisotopic (exact) mass is 265 g/mol. The highest BCUT2D eigenvalue weighted by molar-refractivity contribution is 7.98. The molecule has 0 spiro atoms. The van der Waals surface area contributed by atoms with Gasteiger partial charge in [-0.2, -0.15) is 0 Å². The van der Waals surface area contributed by atoms with Crippen LogP contribution in [0.25, 0.3) is 0 Å². The van der Waals surface area contributed by atoms with Crippen LogP contribution in [0.5, 0.6) is 0 Å². The second-order valence-electron chi connectivity index (χ2n) is 4.05. The van der Waals surface area contributed by atoms with Gasteiger partial charge in [-0.1, -0.05) is 6.07 Å². The Bertz CT molecular complexity index is 518. The summed E-state index contributed by atoms with van der Waals surface area (Å²) < 4.78 is 26.5. The van der Waals surface area contributed by atoms with Crippen molar-refractivity contribution >= 4 is 17.4 Å². The summed E-state index contributed by atoms with van der Waals surface area (Å²) in [5, 5.41) is 0. The lowest BCUT2D eigenvalue weighted by Crippen LogP contribution is -1.91. The minimum absolute atomic E-state index is 0.363. The molecule has 1 nitrogen and oxygen atoms in total. The van der Waals surface area contributed by atoms with E-state index in [1.807, 2.05) is 25.1 Å². The first kappa shape index (κ1) is 12.9. The highest BCUT2D eigenvalue weighted by atomic mass is 32.2. The normalized spacial score (nSPS) is 10.6. The van der Waals surface area contributed by atoms with Gasteiger partial charge in [-0.25, -0.2) is 8.78 Å². The van der Waals surface area contributed by atoms with Gasteiger partial charge in [0.25, 0.3) is 0 Å². The zero-order valence-electron chi connectivity index (χ0n) is 9.91. The lowest BCUT2D eigenvalue weighted by atomic mass is 10.2.